The van der Waals surface area contributed by atoms with Crippen LogP contribution in [0.3, 0.4) is 0 Å². The normalized spacial score (nSPS) is 10.3. The minimum absolute atomic E-state index is 0.173. The standard InChI is InChI=1S/C19H21NO5S/c1-5-24-14-10-8-7-9-13(14)17(22)20-18-15(19(23)25-6-2)11(3)16(26-18)12(4)21/h7-10H,5-6H2,1-4H3,(H,20,22). The Morgan fingerprint density at radius 2 is 1.81 bits per heavy atom. The number of ketones is 1. The molecule has 2 rings (SSSR count). The van der Waals surface area contributed by atoms with Gasteiger partial charge in [-0.25, -0.2) is 4.79 Å². The number of amides is 1. The minimum atomic E-state index is -0.567. The Balaban J connectivity index is 2.42. The molecule has 0 aliphatic rings. The number of anilines is 1. The average Bonchev–Trinajstić information content (AvgIpc) is 2.92. The highest BCUT2D eigenvalue weighted by Crippen LogP contribution is 2.34. The Morgan fingerprint density at radius 3 is 2.42 bits per heavy atom. The van der Waals surface area contributed by atoms with Crippen LogP contribution in [0, 0.1) is 6.92 Å². The summed E-state index contributed by atoms with van der Waals surface area (Å²) in [6.45, 7) is 7.24. The first-order valence-corrected chi connectivity index (χ1v) is 9.06. The van der Waals surface area contributed by atoms with Gasteiger partial charge in [-0.15, -0.1) is 11.3 Å². The van der Waals surface area contributed by atoms with Gasteiger partial charge in [-0.2, -0.15) is 0 Å². The molecular weight excluding hydrogens is 354 g/mol. The molecule has 0 aliphatic heterocycles. The third kappa shape index (κ3) is 4.11. The number of hydrogen-bond acceptors (Lipinski definition) is 6. The molecule has 0 aliphatic carbocycles. The van der Waals surface area contributed by atoms with Crippen LogP contribution >= 0.6 is 11.3 Å². The van der Waals surface area contributed by atoms with E-state index in [0.717, 1.165) is 11.3 Å². The zero-order valence-electron chi connectivity index (χ0n) is 15.2. The lowest BCUT2D eigenvalue weighted by atomic mass is 10.1. The van der Waals surface area contributed by atoms with Crippen molar-refractivity contribution in [3.63, 3.8) is 0 Å². The molecule has 1 heterocycles. The third-order valence-electron chi connectivity index (χ3n) is 3.60. The molecule has 0 saturated heterocycles. The zero-order valence-corrected chi connectivity index (χ0v) is 16.0. The maximum Gasteiger partial charge on any atom is 0.341 e. The fourth-order valence-corrected chi connectivity index (χ4v) is 3.58. The van der Waals surface area contributed by atoms with E-state index < -0.39 is 11.9 Å². The van der Waals surface area contributed by atoms with Crippen LogP contribution in [-0.2, 0) is 4.74 Å². The van der Waals surface area contributed by atoms with Crippen molar-refractivity contribution in [3.05, 3.63) is 45.8 Å². The van der Waals surface area contributed by atoms with Crippen LogP contribution in [0.5, 0.6) is 5.75 Å². The van der Waals surface area contributed by atoms with Crippen molar-refractivity contribution in [1.82, 2.24) is 0 Å². The first kappa shape index (κ1) is 19.7. The van der Waals surface area contributed by atoms with Gasteiger partial charge in [0.05, 0.1) is 29.2 Å². The Kier molecular flexibility index (Phi) is 6.52. The summed E-state index contributed by atoms with van der Waals surface area (Å²) in [5, 5.41) is 3.02. The van der Waals surface area contributed by atoms with Crippen molar-refractivity contribution in [2.24, 2.45) is 0 Å². The van der Waals surface area contributed by atoms with E-state index in [1.54, 1.807) is 38.1 Å². The Labute approximate surface area is 156 Å². The van der Waals surface area contributed by atoms with Crippen LogP contribution in [-0.4, -0.2) is 30.9 Å². The quantitative estimate of drug-likeness (QED) is 0.582. The summed E-state index contributed by atoms with van der Waals surface area (Å²) >= 11 is 1.07. The molecule has 6 nitrogen and oxygen atoms in total. The van der Waals surface area contributed by atoms with Gasteiger partial charge in [0.2, 0.25) is 0 Å². The van der Waals surface area contributed by atoms with E-state index in [9.17, 15) is 14.4 Å². The molecule has 26 heavy (non-hydrogen) atoms. The van der Waals surface area contributed by atoms with Crippen molar-refractivity contribution >= 4 is 34.0 Å². The molecule has 1 N–H and O–H groups in total. The molecule has 7 heteroatoms. The highest BCUT2D eigenvalue weighted by atomic mass is 32.1. The van der Waals surface area contributed by atoms with Crippen LogP contribution in [0.15, 0.2) is 24.3 Å². The molecule has 1 aromatic heterocycles. The van der Waals surface area contributed by atoms with Crippen molar-refractivity contribution < 1.29 is 23.9 Å². The smallest absolute Gasteiger partial charge is 0.341 e. The van der Waals surface area contributed by atoms with Crippen LogP contribution in [0.25, 0.3) is 0 Å². The van der Waals surface area contributed by atoms with E-state index in [-0.39, 0.29) is 18.0 Å². The number of thiophene rings is 1. The predicted octanol–water partition coefficient (Wildman–Crippen LogP) is 4.09. The molecule has 2 aromatic rings. The molecule has 1 amide bonds. The minimum Gasteiger partial charge on any atom is -0.493 e. The van der Waals surface area contributed by atoms with Crippen LogP contribution in [0.4, 0.5) is 5.00 Å². The van der Waals surface area contributed by atoms with Crippen LogP contribution in [0.2, 0.25) is 0 Å². The summed E-state index contributed by atoms with van der Waals surface area (Å²) in [4.78, 5) is 37.3. The largest absolute Gasteiger partial charge is 0.493 e. The van der Waals surface area contributed by atoms with Crippen molar-refractivity contribution in [2.75, 3.05) is 18.5 Å². The first-order valence-electron chi connectivity index (χ1n) is 8.25. The summed E-state index contributed by atoms with van der Waals surface area (Å²) < 4.78 is 10.5. The molecule has 0 unspecified atom stereocenters. The third-order valence-corrected chi connectivity index (χ3v) is 4.91. The SMILES string of the molecule is CCOC(=O)c1c(NC(=O)c2ccccc2OCC)sc(C(C)=O)c1C. The topological polar surface area (TPSA) is 81.7 Å². The van der Waals surface area contributed by atoms with E-state index in [4.69, 9.17) is 9.47 Å². The molecule has 0 atom stereocenters. The predicted molar refractivity (Wildman–Crippen MR) is 101 cm³/mol. The molecule has 0 saturated carbocycles. The fourth-order valence-electron chi connectivity index (χ4n) is 2.49. The van der Waals surface area contributed by atoms with Gasteiger partial charge in [-0.1, -0.05) is 12.1 Å². The maximum atomic E-state index is 12.7. The Hall–Kier alpha value is -2.67. The number of carbonyl (C=O) groups excluding carboxylic acids is 3. The Morgan fingerprint density at radius 1 is 1.12 bits per heavy atom. The maximum absolute atomic E-state index is 12.7. The van der Waals surface area contributed by atoms with Gasteiger partial charge < -0.3 is 14.8 Å². The Bertz CT molecular complexity index is 840. The summed E-state index contributed by atoms with van der Waals surface area (Å²) in [7, 11) is 0. The van der Waals surface area contributed by atoms with Crippen molar-refractivity contribution in [1.29, 1.82) is 0 Å². The number of ether oxygens (including phenoxy) is 2. The second-order valence-electron chi connectivity index (χ2n) is 5.42. The van der Waals surface area contributed by atoms with Gasteiger partial charge in [0.15, 0.2) is 5.78 Å². The van der Waals surface area contributed by atoms with E-state index in [1.807, 2.05) is 6.92 Å². The summed E-state index contributed by atoms with van der Waals surface area (Å²) in [5.41, 5.74) is 1.07. The van der Waals surface area contributed by atoms with Crippen molar-refractivity contribution in [2.45, 2.75) is 27.7 Å². The van der Waals surface area contributed by atoms with Gasteiger partial charge in [0.1, 0.15) is 10.8 Å². The fraction of sp³-hybridized carbons (Fsp3) is 0.316. The molecule has 0 spiro atoms. The molecule has 0 fully saturated rings. The monoisotopic (exact) mass is 375 g/mol. The van der Waals surface area contributed by atoms with Crippen LogP contribution < -0.4 is 10.1 Å². The number of carbonyl (C=O) groups is 3. The summed E-state index contributed by atoms with van der Waals surface area (Å²) in [6.07, 6.45) is 0. The lowest BCUT2D eigenvalue weighted by Crippen LogP contribution is -2.16. The highest BCUT2D eigenvalue weighted by molar-refractivity contribution is 7.18. The molecule has 1 aromatic carbocycles. The molecule has 0 radical (unpaired) electrons. The van der Waals surface area contributed by atoms with E-state index in [2.05, 4.69) is 5.32 Å². The van der Waals surface area contributed by atoms with E-state index in [1.165, 1.54) is 6.92 Å². The number of nitrogens with one attached hydrogen (secondary N) is 1. The number of hydrogen-bond donors (Lipinski definition) is 1. The molecule has 138 valence electrons. The van der Waals surface area contributed by atoms with Gasteiger partial charge in [0, 0.05) is 0 Å². The zero-order chi connectivity index (χ0) is 19.3. The lowest BCUT2D eigenvalue weighted by Gasteiger charge is -2.10. The van der Waals surface area contributed by atoms with Gasteiger partial charge in [-0.3, -0.25) is 9.59 Å². The number of benzene rings is 1. The lowest BCUT2D eigenvalue weighted by molar-refractivity contribution is 0.0527. The summed E-state index contributed by atoms with van der Waals surface area (Å²) in [5.74, 6) is -0.711. The molecule has 0 bridgehead atoms. The second kappa shape index (κ2) is 8.62. The van der Waals surface area contributed by atoms with E-state index in [0.29, 0.717) is 33.4 Å². The van der Waals surface area contributed by atoms with Gasteiger partial charge in [-0.05, 0) is 45.4 Å². The van der Waals surface area contributed by atoms with Crippen molar-refractivity contribution in [3.8, 4) is 5.75 Å². The number of Topliss-reactive ketones (excluding diaryl/α,β-unsaturated/α-hetero) is 1. The van der Waals surface area contributed by atoms with E-state index >= 15 is 0 Å². The number of para-hydroxylation sites is 1. The average molecular weight is 375 g/mol. The van der Waals surface area contributed by atoms with Gasteiger partial charge >= 0.3 is 5.97 Å². The number of esters is 1. The van der Waals surface area contributed by atoms with Crippen LogP contribution in [0.1, 0.15) is 56.7 Å². The van der Waals surface area contributed by atoms with Gasteiger partial charge in [0.25, 0.3) is 5.91 Å². The summed E-state index contributed by atoms with van der Waals surface area (Å²) in [6, 6.07) is 6.83. The first-order chi connectivity index (χ1) is 12.4. The molecular formula is C19H21NO5S. The highest BCUT2D eigenvalue weighted by Gasteiger charge is 2.26. The number of rotatable bonds is 7. The second-order valence-corrected chi connectivity index (χ2v) is 6.44.